The fourth-order valence-corrected chi connectivity index (χ4v) is 6.89. The second-order valence-corrected chi connectivity index (χ2v) is 11.4. The maximum absolute atomic E-state index is 14.0. The van der Waals surface area contributed by atoms with E-state index in [0.717, 1.165) is 41.8 Å². The summed E-state index contributed by atoms with van der Waals surface area (Å²) in [5.74, 6) is 0.816. The highest BCUT2D eigenvalue weighted by molar-refractivity contribution is 8.18. The number of phenolic OH excluding ortho intramolecular Hbond substituents is 1. The van der Waals surface area contributed by atoms with Crippen molar-refractivity contribution in [3.05, 3.63) is 82.9 Å². The standard InChI is InChI=1S/C30H35N3O2S2/c1-4-5-8-14-22-15-13-20-26(34)27(22)31-30-33(23-16-9-6-10-17-23)29(35)28(37-30)25(32(2)3)21-36-24-18-11-7-12-19-24/h4-5,7-8,11-15,18-20,23,34H,6,9-10,16-17,21H2,1-3H3/b5-4-,14-8-,28-25+,31-30?. The van der Waals surface area contributed by atoms with Crippen molar-refractivity contribution in [2.75, 3.05) is 19.8 Å². The largest absolute Gasteiger partial charge is 0.506 e. The highest BCUT2D eigenvalue weighted by Crippen LogP contribution is 2.42. The van der Waals surface area contributed by atoms with Gasteiger partial charge in [0.15, 0.2) is 5.17 Å². The molecule has 5 nitrogen and oxygen atoms in total. The van der Waals surface area contributed by atoms with Gasteiger partial charge in [0.25, 0.3) is 5.91 Å². The van der Waals surface area contributed by atoms with Crippen LogP contribution >= 0.6 is 23.5 Å². The minimum atomic E-state index is 0.0226. The first-order chi connectivity index (χ1) is 18.0. The van der Waals surface area contributed by atoms with Crippen molar-refractivity contribution in [2.24, 2.45) is 4.99 Å². The van der Waals surface area contributed by atoms with E-state index in [1.807, 2.05) is 85.5 Å². The summed E-state index contributed by atoms with van der Waals surface area (Å²) in [4.78, 5) is 24.8. The summed E-state index contributed by atoms with van der Waals surface area (Å²) in [6.45, 7) is 1.96. The lowest BCUT2D eigenvalue weighted by Crippen LogP contribution is -2.40. The van der Waals surface area contributed by atoms with E-state index in [-0.39, 0.29) is 17.7 Å². The number of aliphatic imine (C=N–C) groups is 1. The molecule has 194 valence electrons. The predicted octanol–water partition coefficient (Wildman–Crippen LogP) is 7.44. The van der Waals surface area contributed by atoms with E-state index < -0.39 is 0 Å². The minimum absolute atomic E-state index is 0.0226. The van der Waals surface area contributed by atoms with Crippen molar-refractivity contribution in [3.8, 4) is 5.75 Å². The van der Waals surface area contributed by atoms with Gasteiger partial charge in [0, 0.05) is 42.0 Å². The fourth-order valence-electron chi connectivity index (χ4n) is 4.54. The first-order valence-electron chi connectivity index (χ1n) is 12.8. The highest BCUT2D eigenvalue weighted by atomic mass is 32.2. The van der Waals surface area contributed by atoms with Gasteiger partial charge in [-0.15, -0.1) is 11.8 Å². The van der Waals surface area contributed by atoms with Gasteiger partial charge in [0.2, 0.25) is 0 Å². The topological polar surface area (TPSA) is 56.1 Å². The van der Waals surface area contributed by atoms with Gasteiger partial charge in [-0.25, -0.2) is 4.99 Å². The Labute approximate surface area is 229 Å². The van der Waals surface area contributed by atoms with Crippen LogP contribution in [0.1, 0.15) is 44.6 Å². The van der Waals surface area contributed by atoms with Gasteiger partial charge in [-0.2, -0.15) is 0 Å². The second-order valence-electron chi connectivity index (χ2n) is 9.34. The summed E-state index contributed by atoms with van der Waals surface area (Å²) >= 11 is 3.16. The lowest BCUT2D eigenvalue weighted by atomic mass is 9.94. The van der Waals surface area contributed by atoms with Crippen LogP contribution in [0.5, 0.6) is 5.75 Å². The molecule has 1 saturated heterocycles. The number of thioether (sulfide) groups is 2. The third kappa shape index (κ3) is 6.70. The number of hydrogen-bond donors (Lipinski definition) is 1. The number of rotatable bonds is 8. The Hall–Kier alpha value is -2.90. The van der Waals surface area contributed by atoms with E-state index in [4.69, 9.17) is 4.99 Å². The Morgan fingerprint density at radius 2 is 1.86 bits per heavy atom. The lowest BCUT2D eigenvalue weighted by molar-refractivity contribution is -0.124. The number of carbonyl (C=O) groups is 1. The van der Waals surface area contributed by atoms with Crippen LogP contribution in [0.2, 0.25) is 0 Å². The molecule has 2 fully saturated rings. The molecule has 0 atom stereocenters. The van der Waals surface area contributed by atoms with Gasteiger partial charge in [-0.1, -0.05) is 73.9 Å². The molecule has 1 amide bonds. The number of phenols is 1. The number of nitrogens with zero attached hydrogens (tertiary/aromatic N) is 3. The van der Waals surface area contributed by atoms with Crippen LogP contribution in [0.25, 0.3) is 6.08 Å². The summed E-state index contributed by atoms with van der Waals surface area (Å²) in [6.07, 6.45) is 13.1. The molecule has 0 spiro atoms. The molecule has 1 saturated carbocycles. The summed E-state index contributed by atoms with van der Waals surface area (Å²) in [7, 11) is 3.99. The van der Waals surface area contributed by atoms with Crippen molar-refractivity contribution >= 4 is 46.4 Å². The maximum atomic E-state index is 14.0. The number of aromatic hydroxyl groups is 1. The molecular formula is C30H35N3O2S2. The summed E-state index contributed by atoms with van der Waals surface area (Å²) < 4.78 is 0. The average molecular weight is 534 g/mol. The number of para-hydroxylation sites is 1. The fraction of sp³-hybridized carbons (Fsp3) is 0.333. The zero-order valence-electron chi connectivity index (χ0n) is 21.8. The Morgan fingerprint density at radius 1 is 1.11 bits per heavy atom. The third-order valence-electron chi connectivity index (χ3n) is 6.51. The Kier molecular flexibility index (Phi) is 9.58. The van der Waals surface area contributed by atoms with E-state index in [0.29, 0.717) is 16.6 Å². The predicted molar refractivity (Wildman–Crippen MR) is 158 cm³/mol. The summed E-state index contributed by atoms with van der Waals surface area (Å²) in [5, 5.41) is 11.4. The SMILES string of the molecule is C/C=C\C=C/c1cccc(O)c1N=C1S/C(=C(\CSc2ccccc2)N(C)C)C(=O)N1C1CCCCC1. The molecule has 2 aliphatic rings. The molecule has 1 aliphatic carbocycles. The Bertz CT molecular complexity index is 1210. The van der Waals surface area contributed by atoms with Crippen molar-refractivity contribution in [1.29, 1.82) is 0 Å². The highest BCUT2D eigenvalue weighted by Gasteiger charge is 2.40. The number of allylic oxidation sites excluding steroid dienone is 3. The van der Waals surface area contributed by atoms with Gasteiger partial charge < -0.3 is 10.0 Å². The van der Waals surface area contributed by atoms with Gasteiger partial charge in [-0.05, 0) is 49.7 Å². The number of benzene rings is 2. The van der Waals surface area contributed by atoms with E-state index in [1.165, 1.54) is 23.1 Å². The maximum Gasteiger partial charge on any atom is 0.268 e. The van der Waals surface area contributed by atoms with Crippen LogP contribution < -0.4 is 0 Å². The van der Waals surface area contributed by atoms with Crippen LogP contribution in [-0.4, -0.2) is 51.9 Å². The van der Waals surface area contributed by atoms with E-state index in [9.17, 15) is 9.90 Å². The quantitative estimate of drug-likeness (QED) is 0.217. The van der Waals surface area contributed by atoms with Crippen LogP contribution in [0.15, 0.2) is 87.2 Å². The summed E-state index contributed by atoms with van der Waals surface area (Å²) in [5.41, 5.74) is 2.29. The molecule has 37 heavy (non-hydrogen) atoms. The van der Waals surface area contributed by atoms with Crippen molar-refractivity contribution in [1.82, 2.24) is 9.80 Å². The van der Waals surface area contributed by atoms with Crippen LogP contribution in [0, 0.1) is 0 Å². The van der Waals surface area contributed by atoms with Crippen molar-refractivity contribution in [2.45, 2.75) is 50.0 Å². The molecule has 0 bridgehead atoms. The van der Waals surface area contributed by atoms with E-state index in [1.54, 1.807) is 17.8 Å². The molecule has 0 radical (unpaired) electrons. The zero-order chi connectivity index (χ0) is 26.2. The zero-order valence-corrected chi connectivity index (χ0v) is 23.4. The average Bonchev–Trinajstić information content (AvgIpc) is 3.22. The molecule has 7 heteroatoms. The first kappa shape index (κ1) is 27.1. The number of carbonyl (C=O) groups excluding carboxylic acids is 1. The Balaban J connectivity index is 1.75. The lowest BCUT2D eigenvalue weighted by Gasteiger charge is -2.30. The molecule has 2 aromatic carbocycles. The van der Waals surface area contributed by atoms with Crippen molar-refractivity contribution in [3.63, 3.8) is 0 Å². The molecule has 0 aromatic heterocycles. The van der Waals surface area contributed by atoms with Gasteiger partial charge in [-0.3, -0.25) is 9.69 Å². The summed E-state index contributed by atoms with van der Waals surface area (Å²) in [6, 6.07) is 15.8. The number of amides is 1. The van der Waals surface area contributed by atoms with Crippen LogP contribution in [0.4, 0.5) is 5.69 Å². The molecular weight excluding hydrogens is 498 g/mol. The van der Waals surface area contributed by atoms with Crippen LogP contribution in [-0.2, 0) is 4.79 Å². The molecule has 2 aromatic rings. The normalized spacial score (nSPS) is 19.5. The molecule has 4 rings (SSSR count). The van der Waals surface area contributed by atoms with Crippen LogP contribution in [0.3, 0.4) is 0 Å². The molecule has 0 unspecified atom stereocenters. The first-order valence-corrected chi connectivity index (χ1v) is 14.6. The van der Waals surface area contributed by atoms with Gasteiger partial charge in [0.1, 0.15) is 16.3 Å². The van der Waals surface area contributed by atoms with Crippen molar-refractivity contribution < 1.29 is 9.90 Å². The molecule has 1 heterocycles. The second kappa shape index (κ2) is 13.1. The minimum Gasteiger partial charge on any atom is -0.506 e. The number of amidine groups is 1. The van der Waals surface area contributed by atoms with E-state index in [2.05, 4.69) is 12.1 Å². The Morgan fingerprint density at radius 3 is 2.57 bits per heavy atom. The van der Waals surface area contributed by atoms with E-state index >= 15 is 0 Å². The monoisotopic (exact) mass is 533 g/mol. The van der Waals surface area contributed by atoms with Gasteiger partial charge >= 0.3 is 0 Å². The molecule has 1 N–H and O–H groups in total. The smallest absolute Gasteiger partial charge is 0.268 e. The number of hydrogen-bond acceptors (Lipinski definition) is 6. The molecule has 1 aliphatic heterocycles. The van der Waals surface area contributed by atoms with Gasteiger partial charge in [0.05, 0.1) is 0 Å². The third-order valence-corrected chi connectivity index (χ3v) is 8.61.